The first-order chi connectivity index (χ1) is 8.86. The molecule has 0 aliphatic carbocycles. The SMILES string of the molecule is CNC(=O)C(C)CN(C)C(=O)c1ccc(O)c(Cl)c1. The average Bonchev–Trinajstić information content (AvgIpc) is 2.39. The van der Waals surface area contributed by atoms with Gasteiger partial charge in [0, 0.05) is 26.2 Å². The molecule has 0 saturated carbocycles. The Bertz CT molecular complexity index is 491. The fourth-order valence-corrected chi connectivity index (χ4v) is 1.86. The zero-order valence-corrected chi connectivity index (χ0v) is 11.9. The third kappa shape index (κ3) is 3.86. The second kappa shape index (κ2) is 6.43. The zero-order valence-electron chi connectivity index (χ0n) is 11.1. The van der Waals surface area contributed by atoms with Gasteiger partial charge in [0.2, 0.25) is 5.91 Å². The molecule has 0 spiro atoms. The highest BCUT2D eigenvalue weighted by Gasteiger charge is 2.18. The molecule has 1 aromatic carbocycles. The van der Waals surface area contributed by atoms with Crippen LogP contribution in [0, 0.1) is 5.92 Å². The van der Waals surface area contributed by atoms with E-state index in [2.05, 4.69) is 5.32 Å². The summed E-state index contributed by atoms with van der Waals surface area (Å²) < 4.78 is 0. The Morgan fingerprint density at radius 1 is 1.47 bits per heavy atom. The third-order valence-electron chi connectivity index (χ3n) is 2.78. The summed E-state index contributed by atoms with van der Waals surface area (Å²) in [5.74, 6) is -0.743. The number of hydrogen-bond acceptors (Lipinski definition) is 3. The van der Waals surface area contributed by atoms with Gasteiger partial charge in [-0.05, 0) is 18.2 Å². The molecule has 19 heavy (non-hydrogen) atoms. The van der Waals surface area contributed by atoms with E-state index in [1.807, 2.05) is 0 Å². The van der Waals surface area contributed by atoms with E-state index in [0.717, 1.165) is 0 Å². The number of carbonyl (C=O) groups excluding carboxylic acids is 2. The number of phenolic OH excluding ortho intramolecular Hbond substituents is 1. The van der Waals surface area contributed by atoms with Crippen molar-refractivity contribution in [2.24, 2.45) is 5.92 Å². The normalized spacial score (nSPS) is 11.8. The Kier molecular flexibility index (Phi) is 5.18. The second-order valence-corrected chi connectivity index (χ2v) is 4.77. The van der Waals surface area contributed by atoms with Gasteiger partial charge in [-0.3, -0.25) is 9.59 Å². The minimum atomic E-state index is -0.300. The van der Waals surface area contributed by atoms with Gasteiger partial charge in [-0.2, -0.15) is 0 Å². The molecule has 1 rings (SSSR count). The second-order valence-electron chi connectivity index (χ2n) is 4.37. The van der Waals surface area contributed by atoms with Crippen molar-refractivity contribution in [2.75, 3.05) is 20.6 Å². The van der Waals surface area contributed by atoms with Gasteiger partial charge in [-0.25, -0.2) is 0 Å². The van der Waals surface area contributed by atoms with Crippen LogP contribution in [0.4, 0.5) is 0 Å². The quantitative estimate of drug-likeness (QED) is 0.880. The lowest BCUT2D eigenvalue weighted by Gasteiger charge is -2.21. The van der Waals surface area contributed by atoms with Crippen LogP contribution in [0.2, 0.25) is 5.02 Å². The van der Waals surface area contributed by atoms with E-state index in [1.165, 1.54) is 23.1 Å². The van der Waals surface area contributed by atoms with Crippen molar-refractivity contribution in [3.8, 4) is 5.75 Å². The first kappa shape index (κ1) is 15.3. The first-order valence-corrected chi connectivity index (χ1v) is 6.20. The summed E-state index contributed by atoms with van der Waals surface area (Å²) >= 11 is 5.76. The maximum Gasteiger partial charge on any atom is 0.253 e. The molecule has 5 nitrogen and oxygen atoms in total. The molecule has 0 bridgehead atoms. The van der Waals surface area contributed by atoms with Gasteiger partial charge in [0.1, 0.15) is 5.75 Å². The van der Waals surface area contributed by atoms with Crippen LogP contribution in [0.15, 0.2) is 18.2 Å². The summed E-state index contributed by atoms with van der Waals surface area (Å²) in [7, 11) is 3.17. The molecular weight excluding hydrogens is 268 g/mol. The number of halogens is 1. The summed E-state index contributed by atoms with van der Waals surface area (Å²) in [4.78, 5) is 25.0. The Morgan fingerprint density at radius 2 is 2.11 bits per heavy atom. The van der Waals surface area contributed by atoms with Crippen molar-refractivity contribution in [3.05, 3.63) is 28.8 Å². The topological polar surface area (TPSA) is 69.6 Å². The van der Waals surface area contributed by atoms with Gasteiger partial charge in [0.05, 0.1) is 10.9 Å². The van der Waals surface area contributed by atoms with Crippen molar-refractivity contribution in [2.45, 2.75) is 6.92 Å². The predicted molar refractivity (Wildman–Crippen MR) is 73.3 cm³/mol. The zero-order chi connectivity index (χ0) is 14.6. The Morgan fingerprint density at radius 3 is 2.63 bits per heavy atom. The van der Waals surface area contributed by atoms with Gasteiger partial charge >= 0.3 is 0 Å². The van der Waals surface area contributed by atoms with E-state index < -0.39 is 0 Å². The molecule has 0 fully saturated rings. The monoisotopic (exact) mass is 284 g/mol. The Hall–Kier alpha value is -1.75. The van der Waals surface area contributed by atoms with Gasteiger partial charge in [0.15, 0.2) is 0 Å². The molecule has 0 saturated heterocycles. The van der Waals surface area contributed by atoms with Crippen LogP contribution in [-0.2, 0) is 4.79 Å². The number of nitrogens with zero attached hydrogens (tertiary/aromatic N) is 1. The van der Waals surface area contributed by atoms with Crippen molar-refractivity contribution in [3.63, 3.8) is 0 Å². The summed E-state index contributed by atoms with van der Waals surface area (Å²) in [6.07, 6.45) is 0. The van der Waals surface area contributed by atoms with E-state index in [4.69, 9.17) is 11.6 Å². The first-order valence-electron chi connectivity index (χ1n) is 5.82. The highest BCUT2D eigenvalue weighted by molar-refractivity contribution is 6.32. The molecule has 1 atom stereocenters. The van der Waals surface area contributed by atoms with Gasteiger partial charge in [0.25, 0.3) is 5.91 Å². The number of rotatable bonds is 4. The van der Waals surface area contributed by atoms with E-state index in [9.17, 15) is 14.7 Å². The van der Waals surface area contributed by atoms with Crippen LogP contribution in [0.1, 0.15) is 17.3 Å². The summed E-state index contributed by atoms with van der Waals surface area (Å²) in [6, 6.07) is 4.26. The minimum Gasteiger partial charge on any atom is -0.506 e. The van der Waals surface area contributed by atoms with Crippen molar-refractivity contribution in [1.82, 2.24) is 10.2 Å². The number of phenols is 1. The van der Waals surface area contributed by atoms with Crippen LogP contribution in [0.25, 0.3) is 0 Å². The Balaban J connectivity index is 2.76. The van der Waals surface area contributed by atoms with E-state index in [-0.39, 0.29) is 28.5 Å². The van der Waals surface area contributed by atoms with Crippen LogP contribution in [0.5, 0.6) is 5.75 Å². The molecule has 6 heteroatoms. The standard InChI is InChI=1S/C13H17ClN2O3/c1-8(12(18)15-2)7-16(3)13(19)9-4-5-11(17)10(14)6-9/h4-6,8,17H,7H2,1-3H3,(H,15,18). The van der Waals surface area contributed by atoms with Crippen molar-refractivity contribution in [1.29, 1.82) is 0 Å². The lowest BCUT2D eigenvalue weighted by molar-refractivity contribution is -0.124. The molecule has 104 valence electrons. The molecule has 0 aromatic heterocycles. The van der Waals surface area contributed by atoms with Crippen LogP contribution in [0.3, 0.4) is 0 Å². The lowest BCUT2D eigenvalue weighted by atomic mass is 10.1. The largest absolute Gasteiger partial charge is 0.506 e. The number of amides is 2. The molecule has 2 amide bonds. The molecule has 1 aromatic rings. The van der Waals surface area contributed by atoms with E-state index >= 15 is 0 Å². The van der Waals surface area contributed by atoms with Crippen molar-refractivity contribution >= 4 is 23.4 Å². The van der Waals surface area contributed by atoms with Crippen LogP contribution in [-0.4, -0.2) is 42.5 Å². The minimum absolute atomic E-state index is 0.0698. The third-order valence-corrected chi connectivity index (χ3v) is 3.09. The van der Waals surface area contributed by atoms with Gasteiger partial charge in [-0.1, -0.05) is 18.5 Å². The smallest absolute Gasteiger partial charge is 0.253 e. The molecule has 0 aliphatic heterocycles. The highest BCUT2D eigenvalue weighted by Crippen LogP contribution is 2.24. The summed E-state index contributed by atoms with van der Waals surface area (Å²) in [5, 5.41) is 12.0. The number of hydrogen-bond donors (Lipinski definition) is 2. The molecule has 0 aliphatic rings. The fourth-order valence-electron chi connectivity index (χ4n) is 1.68. The van der Waals surface area contributed by atoms with E-state index in [0.29, 0.717) is 12.1 Å². The van der Waals surface area contributed by atoms with Crippen molar-refractivity contribution < 1.29 is 14.7 Å². The number of carbonyl (C=O) groups is 2. The van der Waals surface area contributed by atoms with E-state index in [1.54, 1.807) is 21.0 Å². The molecule has 1 unspecified atom stereocenters. The maximum absolute atomic E-state index is 12.1. The molecule has 0 heterocycles. The highest BCUT2D eigenvalue weighted by atomic mass is 35.5. The van der Waals surface area contributed by atoms with Crippen LogP contribution < -0.4 is 5.32 Å². The predicted octanol–water partition coefficient (Wildman–Crippen LogP) is 1.50. The lowest BCUT2D eigenvalue weighted by Crippen LogP contribution is -2.37. The molecular formula is C13H17ClN2O3. The maximum atomic E-state index is 12.1. The number of nitrogens with one attached hydrogen (secondary N) is 1. The number of benzene rings is 1. The molecule has 2 N–H and O–H groups in total. The van der Waals surface area contributed by atoms with Gasteiger partial charge in [-0.15, -0.1) is 0 Å². The number of aromatic hydroxyl groups is 1. The average molecular weight is 285 g/mol. The molecule has 0 radical (unpaired) electrons. The summed E-state index contributed by atoms with van der Waals surface area (Å²) in [6.45, 7) is 2.05. The van der Waals surface area contributed by atoms with Crippen LogP contribution >= 0.6 is 11.6 Å². The fraction of sp³-hybridized carbons (Fsp3) is 0.385. The summed E-state index contributed by atoms with van der Waals surface area (Å²) in [5.41, 5.74) is 0.370. The Labute approximate surface area is 117 Å². The van der Waals surface area contributed by atoms with Gasteiger partial charge < -0.3 is 15.3 Å².